The number of rotatable bonds is 4. The Labute approximate surface area is 170 Å². The maximum absolute atomic E-state index is 13.1. The summed E-state index contributed by atoms with van der Waals surface area (Å²) in [6, 6.07) is 7.53. The Morgan fingerprint density at radius 3 is 2.48 bits per heavy atom. The number of benzene rings is 1. The fraction of sp³-hybridized carbons (Fsp3) is 0.571. The number of aliphatic carboxylic acids is 1. The second-order valence-electron chi connectivity index (χ2n) is 8.68. The van der Waals surface area contributed by atoms with Gasteiger partial charge in [-0.15, -0.1) is 0 Å². The molecule has 2 saturated heterocycles. The quantitative estimate of drug-likeness (QED) is 0.665. The number of aryl methyl sites for hydroxylation is 1. The summed E-state index contributed by atoms with van der Waals surface area (Å²) >= 11 is 0. The van der Waals surface area contributed by atoms with E-state index in [1.165, 1.54) is 5.56 Å². The van der Waals surface area contributed by atoms with Crippen molar-refractivity contribution in [3.05, 3.63) is 29.8 Å². The largest absolute Gasteiger partial charge is 0.481 e. The molecular weight excluding hydrogens is 372 g/mol. The van der Waals surface area contributed by atoms with Crippen LogP contribution in [-0.4, -0.2) is 66.6 Å². The molecule has 8 nitrogen and oxygen atoms in total. The van der Waals surface area contributed by atoms with Crippen molar-refractivity contribution >= 4 is 23.5 Å². The van der Waals surface area contributed by atoms with Gasteiger partial charge in [0.25, 0.3) is 0 Å². The number of anilines is 1. The lowest BCUT2D eigenvalue weighted by Gasteiger charge is -2.41. The minimum atomic E-state index is -0.997. The Hall–Kier alpha value is -2.61. The van der Waals surface area contributed by atoms with Crippen molar-refractivity contribution < 1.29 is 19.5 Å². The number of piperazine rings is 1. The normalized spacial score (nSPS) is 31.6. The van der Waals surface area contributed by atoms with E-state index >= 15 is 0 Å². The molecule has 1 saturated carbocycles. The van der Waals surface area contributed by atoms with Gasteiger partial charge in [-0.3, -0.25) is 14.4 Å². The zero-order chi connectivity index (χ0) is 20.8. The Morgan fingerprint density at radius 2 is 1.90 bits per heavy atom. The van der Waals surface area contributed by atoms with Crippen molar-refractivity contribution in [2.75, 3.05) is 37.6 Å². The van der Waals surface area contributed by atoms with Gasteiger partial charge in [-0.05, 0) is 42.9 Å². The van der Waals surface area contributed by atoms with Crippen LogP contribution in [0.4, 0.5) is 5.69 Å². The third-order valence-electron chi connectivity index (χ3n) is 6.78. The summed E-state index contributed by atoms with van der Waals surface area (Å²) in [5.74, 6) is -2.66. The molecule has 1 aromatic carbocycles. The van der Waals surface area contributed by atoms with E-state index < -0.39 is 23.3 Å². The highest BCUT2D eigenvalue weighted by molar-refractivity contribution is 5.89. The summed E-state index contributed by atoms with van der Waals surface area (Å²) in [6.07, 6.45) is 0.928. The zero-order valence-electron chi connectivity index (χ0n) is 16.6. The van der Waals surface area contributed by atoms with Gasteiger partial charge in [0.1, 0.15) is 6.04 Å². The number of carbonyl (C=O) groups excluding carboxylic acids is 2. The highest BCUT2D eigenvalue weighted by atomic mass is 16.4. The lowest BCUT2D eigenvalue weighted by molar-refractivity contribution is -0.151. The number of carboxylic acid groups (broad SMARTS) is 1. The highest BCUT2D eigenvalue weighted by Crippen LogP contribution is 2.58. The van der Waals surface area contributed by atoms with Gasteiger partial charge in [0.2, 0.25) is 11.8 Å². The molecule has 4 rings (SSSR count). The SMILES string of the molecule is Cc1cccc(N2CCN(C(=O)C3NCC4(CC3C(=O)O)CC4C(N)=O)CC2)c1. The van der Waals surface area contributed by atoms with E-state index in [4.69, 9.17) is 5.73 Å². The molecule has 1 aromatic rings. The van der Waals surface area contributed by atoms with Gasteiger partial charge in [-0.2, -0.15) is 0 Å². The first-order valence-corrected chi connectivity index (χ1v) is 10.2. The maximum atomic E-state index is 13.1. The number of carboxylic acids is 1. The standard InChI is InChI=1S/C21H28N4O4/c1-13-3-2-4-14(9-13)24-5-7-25(8-6-24)19(27)17-15(20(28)29)10-21(12-23-17)11-16(21)18(22)26/h2-4,9,15-17,23H,5-8,10-12H2,1H3,(H2,22,26)(H,28,29). The van der Waals surface area contributed by atoms with Crippen molar-refractivity contribution in [1.29, 1.82) is 0 Å². The van der Waals surface area contributed by atoms with Crippen LogP contribution in [0.15, 0.2) is 24.3 Å². The number of nitrogens with two attached hydrogens (primary N) is 1. The lowest BCUT2D eigenvalue weighted by Crippen LogP contribution is -2.60. The Bertz CT molecular complexity index is 836. The van der Waals surface area contributed by atoms with Gasteiger partial charge in [0, 0.05) is 44.3 Å². The number of nitrogens with zero attached hydrogens (tertiary/aromatic N) is 2. The molecule has 8 heteroatoms. The van der Waals surface area contributed by atoms with E-state index in [9.17, 15) is 19.5 Å². The highest BCUT2D eigenvalue weighted by Gasteiger charge is 2.62. The predicted octanol–water partition coefficient (Wildman–Crippen LogP) is 0.198. The summed E-state index contributed by atoms with van der Waals surface area (Å²) in [5, 5.41) is 12.9. The Balaban J connectivity index is 1.39. The number of piperidine rings is 1. The van der Waals surface area contributed by atoms with Crippen LogP contribution in [0.25, 0.3) is 0 Å². The van der Waals surface area contributed by atoms with Gasteiger partial charge < -0.3 is 26.0 Å². The minimum absolute atomic E-state index is 0.160. The van der Waals surface area contributed by atoms with Crippen LogP contribution in [0.5, 0.6) is 0 Å². The van der Waals surface area contributed by atoms with Crippen LogP contribution in [-0.2, 0) is 14.4 Å². The van der Waals surface area contributed by atoms with Crippen LogP contribution < -0.4 is 16.0 Å². The number of primary amides is 1. The molecule has 4 atom stereocenters. The molecule has 156 valence electrons. The summed E-state index contributed by atoms with van der Waals surface area (Å²) in [7, 11) is 0. The van der Waals surface area contributed by atoms with Crippen LogP contribution in [0, 0.1) is 24.2 Å². The first-order chi connectivity index (χ1) is 13.8. The molecule has 2 heterocycles. The molecule has 4 N–H and O–H groups in total. The average Bonchev–Trinajstić information content (AvgIpc) is 3.41. The smallest absolute Gasteiger partial charge is 0.308 e. The molecular formula is C21H28N4O4. The molecule has 3 aliphatic rings. The van der Waals surface area contributed by atoms with E-state index in [1.54, 1.807) is 4.90 Å². The van der Waals surface area contributed by atoms with Crippen molar-refractivity contribution in [2.45, 2.75) is 25.8 Å². The Kier molecular flexibility index (Phi) is 4.98. The van der Waals surface area contributed by atoms with E-state index in [0.717, 1.165) is 5.69 Å². The molecule has 0 radical (unpaired) electrons. The molecule has 4 unspecified atom stereocenters. The van der Waals surface area contributed by atoms with Crippen LogP contribution in [0.1, 0.15) is 18.4 Å². The Morgan fingerprint density at radius 1 is 1.17 bits per heavy atom. The summed E-state index contributed by atoms with van der Waals surface area (Å²) in [4.78, 5) is 40.5. The summed E-state index contributed by atoms with van der Waals surface area (Å²) in [5.41, 5.74) is 7.36. The number of hydrogen-bond acceptors (Lipinski definition) is 5. The minimum Gasteiger partial charge on any atom is -0.481 e. The van der Waals surface area contributed by atoms with E-state index in [-0.39, 0.29) is 17.7 Å². The number of hydrogen-bond donors (Lipinski definition) is 3. The number of carbonyl (C=O) groups is 3. The first kappa shape index (κ1) is 19.7. The maximum Gasteiger partial charge on any atom is 0.308 e. The molecule has 2 amide bonds. The molecule has 1 aliphatic carbocycles. The fourth-order valence-electron chi connectivity index (χ4n) is 4.95. The summed E-state index contributed by atoms with van der Waals surface area (Å²) in [6.45, 7) is 5.07. The molecule has 3 fully saturated rings. The van der Waals surface area contributed by atoms with Gasteiger partial charge >= 0.3 is 5.97 Å². The fourth-order valence-corrected chi connectivity index (χ4v) is 4.95. The van der Waals surface area contributed by atoms with Crippen molar-refractivity contribution in [2.24, 2.45) is 23.0 Å². The van der Waals surface area contributed by atoms with E-state index in [1.807, 2.05) is 6.07 Å². The molecule has 0 bridgehead atoms. The molecule has 1 spiro atoms. The number of nitrogens with one attached hydrogen (secondary N) is 1. The first-order valence-electron chi connectivity index (χ1n) is 10.2. The van der Waals surface area contributed by atoms with Gasteiger partial charge in [0.05, 0.1) is 5.92 Å². The van der Waals surface area contributed by atoms with Crippen molar-refractivity contribution in [3.8, 4) is 0 Å². The van der Waals surface area contributed by atoms with Gasteiger partial charge in [-0.1, -0.05) is 12.1 Å². The van der Waals surface area contributed by atoms with E-state index in [2.05, 4.69) is 35.3 Å². The summed E-state index contributed by atoms with van der Waals surface area (Å²) < 4.78 is 0. The van der Waals surface area contributed by atoms with E-state index in [0.29, 0.717) is 45.6 Å². The van der Waals surface area contributed by atoms with Crippen LogP contribution in [0.3, 0.4) is 0 Å². The molecule has 0 aromatic heterocycles. The zero-order valence-corrected chi connectivity index (χ0v) is 16.6. The number of amides is 2. The average molecular weight is 400 g/mol. The third-order valence-corrected chi connectivity index (χ3v) is 6.78. The van der Waals surface area contributed by atoms with Crippen molar-refractivity contribution in [1.82, 2.24) is 10.2 Å². The molecule has 29 heavy (non-hydrogen) atoms. The van der Waals surface area contributed by atoms with Gasteiger partial charge in [0.15, 0.2) is 0 Å². The second kappa shape index (κ2) is 7.33. The predicted molar refractivity (Wildman–Crippen MR) is 107 cm³/mol. The van der Waals surface area contributed by atoms with Crippen molar-refractivity contribution in [3.63, 3.8) is 0 Å². The van der Waals surface area contributed by atoms with Crippen LogP contribution >= 0.6 is 0 Å². The van der Waals surface area contributed by atoms with Crippen LogP contribution in [0.2, 0.25) is 0 Å². The monoisotopic (exact) mass is 400 g/mol. The third kappa shape index (κ3) is 3.69. The lowest BCUT2D eigenvalue weighted by atomic mass is 9.80. The second-order valence-corrected chi connectivity index (χ2v) is 8.68. The van der Waals surface area contributed by atoms with Gasteiger partial charge in [-0.25, -0.2) is 0 Å². The molecule has 2 aliphatic heterocycles. The topological polar surface area (TPSA) is 116 Å².